The lowest BCUT2D eigenvalue weighted by Crippen LogP contribution is -2.49. The molecule has 2 atom stereocenters. The van der Waals surface area contributed by atoms with Crippen LogP contribution in [0, 0.1) is 0 Å². The van der Waals surface area contributed by atoms with E-state index in [1.807, 2.05) is 0 Å². The number of nitrogens with two attached hydrogens (primary N) is 1. The fraction of sp³-hybridized carbons (Fsp3) is 1.00. The number of aliphatic hydroxyl groups is 1. The third-order valence-corrected chi connectivity index (χ3v) is 2.98. The molecule has 0 amide bonds. The van der Waals surface area contributed by atoms with Gasteiger partial charge in [-0.2, -0.15) is 0 Å². The maximum absolute atomic E-state index is 9.72. The van der Waals surface area contributed by atoms with E-state index in [-0.39, 0.29) is 13.2 Å². The summed E-state index contributed by atoms with van der Waals surface area (Å²) in [5.74, 6) is 0. The molecule has 1 heterocycles. The number of rotatable bonds is 9. The molecule has 2 unspecified atom stereocenters. The van der Waals surface area contributed by atoms with Crippen molar-refractivity contribution in [1.82, 2.24) is 0 Å². The molecule has 0 bridgehead atoms. The van der Waals surface area contributed by atoms with Crippen molar-refractivity contribution >= 4 is 0 Å². The summed E-state index contributed by atoms with van der Waals surface area (Å²) in [6.07, 6.45) is 1.17. The number of aliphatic hydroxyl groups excluding tert-OH is 1. The van der Waals surface area contributed by atoms with Crippen molar-refractivity contribution in [1.29, 1.82) is 0 Å². The molecule has 0 radical (unpaired) electrons. The third-order valence-electron chi connectivity index (χ3n) is 2.98. The molecule has 6 nitrogen and oxygen atoms in total. The molecule has 108 valence electrons. The molecule has 0 aromatic rings. The fourth-order valence-electron chi connectivity index (χ4n) is 1.84. The van der Waals surface area contributed by atoms with Crippen LogP contribution in [0.25, 0.3) is 0 Å². The van der Waals surface area contributed by atoms with Gasteiger partial charge in [0.25, 0.3) is 0 Å². The highest BCUT2D eigenvalue weighted by atomic mass is 16.6. The van der Waals surface area contributed by atoms with Gasteiger partial charge in [0.05, 0.1) is 33.0 Å². The molecular weight excluding hydrogens is 238 g/mol. The highest BCUT2D eigenvalue weighted by molar-refractivity contribution is 4.84. The molecule has 1 saturated heterocycles. The van der Waals surface area contributed by atoms with Crippen molar-refractivity contribution < 1.29 is 24.1 Å². The van der Waals surface area contributed by atoms with Crippen LogP contribution in [-0.2, 0) is 18.9 Å². The number of methoxy groups -OCH3 is 1. The molecule has 1 aliphatic rings. The molecule has 0 aliphatic carbocycles. The zero-order chi connectivity index (χ0) is 13.3. The summed E-state index contributed by atoms with van der Waals surface area (Å²) in [4.78, 5) is 0. The zero-order valence-electron chi connectivity index (χ0n) is 11.1. The van der Waals surface area contributed by atoms with E-state index in [4.69, 9.17) is 24.7 Å². The van der Waals surface area contributed by atoms with Crippen molar-refractivity contribution in [2.75, 3.05) is 53.3 Å². The predicted octanol–water partition coefficient (Wildman–Crippen LogP) is -0.465. The Labute approximate surface area is 108 Å². The lowest BCUT2D eigenvalue weighted by Gasteiger charge is -2.36. The second-order valence-electron chi connectivity index (χ2n) is 4.58. The molecule has 1 aliphatic heterocycles. The van der Waals surface area contributed by atoms with Gasteiger partial charge >= 0.3 is 0 Å². The van der Waals surface area contributed by atoms with E-state index < -0.39 is 11.7 Å². The Bertz CT molecular complexity index is 209. The van der Waals surface area contributed by atoms with Gasteiger partial charge in [-0.1, -0.05) is 0 Å². The molecule has 3 N–H and O–H groups in total. The summed E-state index contributed by atoms with van der Waals surface area (Å²) in [5, 5.41) is 9.72. The summed E-state index contributed by atoms with van der Waals surface area (Å²) in [6, 6.07) is 0. The first-order valence-corrected chi connectivity index (χ1v) is 6.39. The van der Waals surface area contributed by atoms with Crippen LogP contribution in [0.4, 0.5) is 0 Å². The standard InChI is InChI=1S/C12H25NO5/c1-15-5-6-16-7-11(14)8-18-12(9-13)3-2-4-17-10-12/h11,14H,2-10,13H2,1H3. The average Bonchev–Trinajstić information content (AvgIpc) is 2.42. The van der Waals surface area contributed by atoms with Crippen LogP contribution in [0.5, 0.6) is 0 Å². The van der Waals surface area contributed by atoms with Gasteiger partial charge in [-0.25, -0.2) is 0 Å². The first-order chi connectivity index (χ1) is 8.72. The van der Waals surface area contributed by atoms with Gasteiger partial charge in [0.2, 0.25) is 0 Å². The Morgan fingerprint density at radius 3 is 2.83 bits per heavy atom. The topological polar surface area (TPSA) is 83.2 Å². The molecule has 1 rings (SSSR count). The minimum absolute atomic E-state index is 0.216. The van der Waals surface area contributed by atoms with E-state index >= 15 is 0 Å². The van der Waals surface area contributed by atoms with Crippen LogP contribution in [0.1, 0.15) is 12.8 Å². The summed E-state index contributed by atoms with van der Waals surface area (Å²) in [5.41, 5.74) is 5.29. The van der Waals surface area contributed by atoms with E-state index in [1.54, 1.807) is 7.11 Å². The summed E-state index contributed by atoms with van der Waals surface area (Å²) in [6.45, 7) is 3.12. The van der Waals surface area contributed by atoms with Crippen LogP contribution in [-0.4, -0.2) is 70.1 Å². The van der Waals surface area contributed by atoms with Crippen molar-refractivity contribution in [3.8, 4) is 0 Å². The molecule has 0 aromatic heterocycles. The monoisotopic (exact) mass is 263 g/mol. The van der Waals surface area contributed by atoms with Gasteiger partial charge in [-0.15, -0.1) is 0 Å². The van der Waals surface area contributed by atoms with Gasteiger partial charge in [-0.05, 0) is 12.8 Å². The van der Waals surface area contributed by atoms with Crippen LogP contribution < -0.4 is 5.73 Å². The number of hydrogen-bond acceptors (Lipinski definition) is 6. The van der Waals surface area contributed by atoms with Gasteiger partial charge in [0.15, 0.2) is 0 Å². The Kier molecular flexibility index (Phi) is 7.73. The molecule has 0 aromatic carbocycles. The highest BCUT2D eigenvalue weighted by Crippen LogP contribution is 2.22. The molecule has 1 fully saturated rings. The van der Waals surface area contributed by atoms with Gasteiger partial charge < -0.3 is 29.8 Å². The molecule has 18 heavy (non-hydrogen) atoms. The highest BCUT2D eigenvalue weighted by Gasteiger charge is 2.33. The molecule has 6 heteroatoms. The normalized spacial score (nSPS) is 26.2. The first-order valence-electron chi connectivity index (χ1n) is 6.39. The Hall–Kier alpha value is -0.240. The van der Waals surface area contributed by atoms with Crippen molar-refractivity contribution in [2.24, 2.45) is 5.73 Å². The SMILES string of the molecule is COCCOCC(O)COC1(CN)CCCOC1. The van der Waals surface area contributed by atoms with Crippen LogP contribution in [0.15, 0.2) is 0 Å². The summed E-state index contributed by atoms with van der Waals surface area (Å²) >= 11 is 0. The van der Waals surface area contributed by atoms with Gasteiger partial charge in [-0.3, -0.25) is 0 Å². The van der Waals surface area contributed by atoms with E-state index in [1.165, 1.54) is 0 Å². The van der Waals surface area contributed by atoms with Gasteiger partial charge in [0, 0.05) is 20.3 Å². The Morgan fingerprint density at radius 1 is 1.39 bits per heavy atom. The minimum Gasteiger partial charge on any atom is -0.388 e. The van der Waals surface area contributed by atoms with Crippen molar-refractivity contribution in [2.45, 2.75) is 24.5 Å². The number of ether oxygens (including phenoxy) is 4. The second kappa shape index (κ2) is 8.79. The molecule has 0 spiro atoms. The van der Waals surface area contributed by atoms with E-state index in [9.17, 15) is 5.11 Å². The van der Waals surface area contributed by atoms with Crippen LogP contribution >= 0.6 is 0 Å². The van der Waals surface area contributed by atoms with Crippen LogP contribution in [0.3, 0.4) is 0 Å². The van der Waals surface area contributed by atoms with Crippen molar-refractivity contribution in [3.05, 3.63) is 0 Å². The van der Waals surface area contributed by atoms with E-state index in [2.05, 4.69) is 0 Å². The second-order valence-corrected chi connectivity index (χ2v) is 4.58. The third kappa shape index (κ3) is 5.60. The molecular formula is C12H25NO5. The van der Waals surface area contributed by atoms with E-state index in [0.717, 1.165) is 19.4 Å². The Morgan fingerprint density at radius 2 is 2.22 bits per heavy atom. The average molecular weight is 263 g/mol. The fourth-order valence-corrected chi connectivity index (χ4v) is 1.84. The van der Waals surface area contributed by atoms with Crippen molar-refractivity contribution in [3.63, 3.8) is 0 Å². The maximum atomic E-state index is 9.72. The maximum Gasteiger partial charge on any atom is 0.104 e. The lowest BCUT2D eigenvalue weighted by atomic mass is 9.96. The zero-order valence-corrected chi connectivity index (χ0v) is 11.1. The largest absolute Gasteiger partial charge is 0.388 e. The lowest BCUT2D eigenvalue weighted by molar-refractivity contribution is -0.146. The number of hydrogen-bond donors (Lipinski definition) is 2. The van der Waals surface area contributed by atoms with E-state index in [0.29, 0.717) is 26.4 Å². The quantitative estimate of drug-likeness (QED) is 0.547. The first kappa shape index (κ1) is 15.8. The summed E-state index contributed by atoms with van der Waals surface area (Å²) < 4.78 is 21.2. The van der Waals surface area contributed by atoms with Gasteiger partial charge in [0.1, 0.15) is 11.7 Å². The van der Waals surface area contributed by atoms with Crippen LogP contribution in [0.2, 0.25) is 0 Å². The predicted molar refractivity (Wildman–Crippen MR) is 66.5 cm³/mol. The Balaban J connectivity index is 2.16. The minimum atomic E-state index is -0.646. The molecule has 0 saturated carbocycles. The smallest absolute Gasteiger partial charge is 0.104 e. The summed E-state index contributed by atoms with van der Waals surface area (Å²) in [7, 11) is 1.61.